The van der Waals surface area contributed by atoms with Crippen LogP contribution < -0.4 is 5.73 Å². The van der Waals surface area contributed by atoms with Gasteiger partial charge in [-0.05, 0) is 59.2 Å². The van der Waals surface area contributed by atoms with Crippen LogP contribution in [0.1, 0.15) is 24.4 Å². The quantitative estimate of drug-likeness (QED) is 0.914. The number of aromatic nitrogens is 3. The maximum absolute atomic E-state index is 5.83. The summed E-state index contributed by atoms with van der Waals surface area (Å²) in [6.45, 7) is 3.85. The van der Waals surface area contributed by atoms with E-state index in [-0.39, 0.29) is 6.04 Å². The van der Waals surface area contributed by atoms with Crippen LogP contribution in [-0.2, 0) is 0 Å². The minimum Gasteiger partial charge on any atom is -0.324 e. The summed E-state index contributed by atoms with van der Waals surface area (Å²) in [6.07, 6.45) is 0. The second-order valence-electron chi connectivity index (χ2n) is 3.78. The molecule has 1 aromatic carbocycles. The van der Waals surface area contributed by atoms with Gasteiger partial charge in [-0.3, -0.25) is 5.10 Å². The van der Waals surface area contributed by atoms with E-state index in [1.54, 1.807) is 0 Å². The largest absolute Gasteiger partial charge is 0.324 e. The summed E-state index contributed by atoms with van der Waals surface area (Å²) in [5.41, 5.74) is 6.94. The maximum atomic E-state index is 5.83. The fourth-order valence-electron chi connectivity index (χ4n) is 1.35. The van der Waals surface area contributed by atoms with Gasteiger partial charge >= 0.3 is 0 Å². The van der Waals surface area contributed by atoms with Crippen LogP contribution in [0, 0.1) is 6.92 Å². The topological polar surface area (TPSA) is 67.6 Å². The summed E-state index contributed by atoms with van der Waals surface area (Å²) in [5, 5.41) is 7.63. The third-order valence-corrected chi connectivity index (χ3v) is 4.12. The molecule has 0 saturated carbocycles. The normalized spacial score (nSPS) is 12.7. The number of rotatable bonds is 3. The number of aromatic amines is 1. The van der Waals surface area contributed by atoms with Crippen LogP contribution in [0.5, 0.6) is 0 Å². The van der Waals surface area contributed by atoms with E-state index < -0.39 is 0 Å². The zero-order chi connectivity index (χ0) is 12.4. The summed E-state index contributed by atoms with van der Waals surface area (Å²) < 4.78 is 1.01. The molecule has 0 radical (unpaired) electrons. The van der Waals surface area contributed by atoms with Crippen molar-refractivity contribution < 1.29 is 0 Å². The Labute approximate surface area is 113 Å². The van der Waals surface area contributed by atoms with Crippen molar-refractivity contribution in [3.8, 4) is 0 Å². The first-order valence-corrected chi connectivity index (χ1v) is 6.79. The van der Waals surface area contributed by atoms with Crippen LogP contribution in [0.3, 0.4) is 0 Å². The lowest BCUT2D eigenvalue weighted by Crippen LogP contribution is -2.04. The van der Waals surface area contributed by atoms with E-state index in [2.05, 4.69) is 31.1 Å². The predicted molar refractivity (Wildman–Crippen MR) is 72.0 cm³/mol. The molecule has 1 aromatic heterocycles. The molecule has 0 aliphatic carbocycles. The Hall–Kier alpha value is -0.850. The smallest absolute Gasteiger partial charge is 0.213 e. The highest BCUT2D eigenvalue weighted by Gasteiger charge is 2.08. The van der Waals surface area contributed by atoms with E-state index in [0.29, 0.717) is 0 Å². The maximum Gasteiger partial charge on any atom is 0.213 e. The molecule has 1 heterocycles. The SMILES string of the molecule is Cc1nc(Sc2ccc([C@@H](C)N)cc2Br)n[nH]1. The van der Waals surface area contributed by atoms with Gasteiger partial charge in [-0.1, -0.05) is 6.07 Å². The number of benzene rings is 1. The lowest BCUT2D eigenvalue weighted by atomic mass is 10.1. The van der Waals surface area contributed by atoms with Crippen molar-refractivity contribution in [3.05, 3.63) is 34.1 Å². The number of aryl methyl sites for hydroxylation is 1. The number of H-pyrrole nitrogens is 1. The number of hydrogen-bond acceptors (Lipinski definition) is 4. The van der Waals surface area contributed by atoms with E-state index in [1.807, 2.05) is 32.0 Å². The summed E-state index contributed by atoms with van der Waals surface area (Å²) in [6, 6.07) is 6.12. The van der Waals surface area contributed by atoms with Crippen LogP contribution in [-0.4, -0.2) is 15.2 Å². The molecule has 0 fully saturated rings. The van der Waals surface area contributed by atoms with Gasteiger partial charge in [-0.15, -0.1) is 5.10 Å². The third kappa shape index (κ3) is 3.08. The van der Waals surface area contributed by atoms with Crippen molar-refractivity contribution >= 4 is 27.7 Å². The molecule has 4 nitrogen and oxygen atoms in total. The molecule has 0 aliphatic heterocycles. The Morgan fingerprint density at radius 3 is 2.76 bits per heavy atom. The molecule has 0 saturated heterocycles. The number of hydrogen-bond donors (Lipinski definition) is 2. The van der Waals surface area contributed by atoms with Crippen LogP contribution in [0.15, 0.2) is 32.7 Å². The Kier molecular flexibility index (Phi) is 3.86. The molecule has 90 valence electrons. The fraction of sp³-hybridized carbons (Fsp3) is 0.273. The van der Waals surface area contributed by atoms with Gasteiger partial charge in [0.25, 0.3) is 0 Å². The molecule has 0 spiro atoms. The second kappa shape index (κ2) is 5.20. The van der Waals surface area contributed by atoms with E-state index in [1.165, 1.54) is 11.8 Å². The second-order valence-corrected chi connectivity index (χ2v) is 5.65. The summed E-state index contributed by atoms with van der Waals surface area (Å²) >= 11 is 5.05. The van der Waals surface area contributed by atoms with Gasteiger partial charge in [0.05, 0.1) is 0 Å². The first-order valence-electron chi connectivity index (χ1n) is 5.18. The number of nitrogens with two attached hydrogens (primary N) is 1. The molecule has 0 aliphatic rings. The summed E-state index contributed by atoms with van der Waals surface area (Å²) in [5.74, 6) is 0.816. The predicted octanol–water partition coefficient (Wildman–Crippen LogP) is 3.05. The Bertz CT molecular complexity index is 524. The van der Waals surface area contributed by atoms with E-state index in [0.717, 1.165) is 25.9 Å². The van der Waals surface area contributed by atoms with Crippen LogP contribution in [0.4, 0.5) is 0 Å². The monoisotopic (exact) mass is 312 g/mol. The molecule has 0 unspecified atom stereocenters. The molecule has 0 amide bonds. The van der Waals surface area contributed by atoms with Crippen molar-refractivity contribution in [1.29, 1.82) is 0 Å². The molecule has 1 atom stereocenters. The molecular formula is C11H13BrN4S. The number of halogens is 1. The molecule has 3 N–H and O–H groups in total. The Balaban J connectivity index is 2.22. The minimum atomic E-state index is 0.0381. The molecule has 17 heavy (non-hydrogen) atoms. The molecular weight excluding hydrogens is 300 g/mol. The average Bonchev–Trinajstić information content (AvgIpc) is 2.67. The van der Waals surface area contributed by atoms with Crippen LogP contribution >= 0.6 is 27.7 Å². The number of nitrogens with one attached hydrogen (secondary N) is 1. The molecule has 2 rings (SSSR count). The average molecular weight is 313 g/mol. The first-order chi connectivity index (χ1) is 8.06. The highest BCUT2D eigenvalue weighted by Crippen LogP contribution is 2.32. The minimum absolute atomic E-state index is 0.0381. The first kappa shape index (κ1) is 12.6. The standard InChI is InChI=1S/C11H13BrN4S/c1-6(13)8-3-4-10(9(12)5-8)17-11-14-7(2)15-16-11/h3-6H,13H2,1-2H3,(H,14,15,16)/t6-/m1/s1. The molecule has 0 bridgehead atoms. The fourth-order valence-corrected chi connectivity index (χ4v) is 2.75. The lowest BCUT2D eigenvalue weighted by Gasteiger charge is -2.08. The van der Waals surface area contributed by atoms with Gasteiger partial charge in [0.15, 0.2) is 0 Å². The van der Waals surface area contributed by atoms with Crippen molar-refractivity contribution in [1.82, 2.24) is 15.2 Å². The summed E-state index contributed by atoms with van der Waals surface area (Å²) in [4.78, 5) is 5.33. The third-order valence-electron chi connectivity index (χ3n) is 2.26. The van der Waals surface area contributed by atoms with Gasteiger partial charge in [-0.25, -0.2) is 4.98 Å². The number of nitrogens with zero attached hydrogens (tertiary/aromatic N) is 2. The van der Waals surface area contributed by atoms with Crippen molar-refractivity contribution in [2.45, 2.75) is 29.9 Å². The summed E-state index contributed by atoms with van der Waals surface area (Å²) in [7, 11) is 0. The van der Waals surface area contributed by atoms with Gasteiger partial charge < -0.3 is 5.73 Å². The van der Waals surface area contributed by atoms with E-state index in [4.69, 9.17) is 5.73 Å². The van der Waals surface area contributed by atoms with E-state index in [9.17, 15) is 0 Å². The van der Waals surface area contributed by atoms with Crippen molar-refractivity contribution in [3.63, 3.8) is 0 Å². The highest BCUT2D eigenvalue weighted by molar-refractivity contribution is 9.10. The molecule has 2 aromatic rings. The van der Waals surface area contributed by atoms with Crippen LogP contribution in [0.2, 0.25) is 0 Å². The highest BCUT2D eigenvalue weighted by atomic mass is 79.9. The van der Waals surface area contributed by atoms with Gasteiger partial charge in [-0.2, -0.15) is 0 Å². The van der Waals surface area contributed by atoms with Crippen LogP contribution in [0.25, 0.3) is 0 Å². The van der Waals surface area contributed by atoms with Crippen molar-refractivity contribution in [2.75, 3.05) is 0 Å². The van der Waals surface area contributed by atoms with Gasteiger partial charge in [0.2, 0.25) is 5.16 Å². The lowest BCUT2D eigenvalue weighted by molar-refractivity contribution is 0.815. The zero-order valence-corrected chi connectivity index (χ0v) is 12.0. The van der Waals surface area contributed by atoms with E-state index >= 15 is 0 Å². The van der Waals surface area contributed by atoms with Crippen molar-refractivity contribution in [2.24, 2.45) is 5.73 Å². The Morgan fingerprint density at radius 2 is 2.24 bits per heavy atom. The van der Waals surface area contributed by atoms with Gasteiger partial charge in [0.1, 0.15) is 5.82 Å². The molecule has 6 heteroatoms. The zero-order valence-electron chi connectivity index (χ0n) is 9.57. The Morgan fingerprint density at radius 1 is 1.47 bits per heavy atom. The van der Waals surface area contributed by atoms with Gasteiger partial charge in [0, 0.05) is 15.4 Å².